The van der Waals surface area contributed by atoms with Crippen LogP contribution in [0.2, 0.25) is 0 Å². The predicted molar refractivity (Wildman–Crippen MR) is 88.9 cm³/mol. The molecule has 1 aromatic carbocycles. The van der Waals surface area contributed by atoms with E-state index in [0.29, 0.717) is 19.8 Å². The zero-order valence-corrected chi connectivity index (χ0v) is 14.4. The van der Waals surface area contributed by atoms with Crippen molar-refractivity contribution in [1.82, 2.24) is 9.62 Å². The zero-order valence-electron chi connectivity index (χ0n) is 13.6. The zero-order chi connectivity index (χ0) is 16.7. The fourth-order valence-electron chi connectivity index (χ4n) is 2.56. The van der Waals surface area contributed by atoms with Gasteiger partial charge in [-0.2, -0.15) is 0 Å². The third-order valence-electron chi connectivity index (χ3n) is 3.85. The minimum Gasteiger partial charge on any atom is -0.390 e. The van der Waals surface area contributed by atoms with Gasteiger partial charge in [-0.1, -0.05) is 25.5 Å². The number of aryl methyl sites for hydroxylation is 1. The van der Waals surface area contributed by atoms with E-state index in [1.807, 2.05) is 12.1 Å². The number of hydrogen-bond acceptors (Lipinski definition) is 5. The number of nitrogens with one attached hydrogen (secondary N) is 1. The van der Waals surface area contributed by atoms with Crippen LogP contribution in [-0.2, 0) is 21.2 Å². The number of aliphatic hydroxyl groups is 1. The Morgan fingerprint density at radius 1 is 1.26 bits per heavy atom. The molecule has 23 heavy (non-hydrogen) atoms. The van der Waals surface area contributed by atoms with Crippen LogP contribution in [0, 0.1) is 0 Å². The number of β-amino-alcohol motifs (C(OH)–C–C–N with tert-alkyl or cyclic N) is 1. The molecule has 0 bridgehead atoms. The predicted octanol–water partition coefficient (Wildman–Crippen LogP) is 0.611. The molecule has 2 rings (SSSR count). The number of sulfonamides is 1. The van der Waals surface area contributed by atoms with Gasteiger partial charge in [-0.15, -0.1) is 0 Å². The average molecular weight is 342 g/mol. The number of morpholine rings is 1. The van der Waals surface area contributed by atoms with Crippen LogP contribution >= 0.6 is 0 Å². The van der Waals surface area contributed by atoms with Gasteiger partial charge in [-0.05, 0) is 24.1 Å². The lowest BCUT2D eigenvalue weighted by molar-refractivity contribution is 0.0158. The maximum atomic E-state index is 12.2. The van der Waals surface area contributed by atoms with Crippen LogP contribution < -0.4 is 4.72 Å². The highest BCUT2D eigenvalue weighted by Crippen LogP contribution is 2.12. The second-order valence-corrected chi connectivity index (χ2v) is 7.58. The molecule has 1 aliphatic heterocycles. The number of benzene rings is 1. The molecule has 6 nitrogen and oxygen atoms in total. The Hall–Kier alpha value is -0.990. The Bertz CT molecular complexity index is 568. The fraction of sp³-hybridized carbons (Fsp3) is 0.625. The van der Waals surface area contributed by atoms with Crippen molar-refractivity contribution in [1.29, 1.82) is 0 Å². The number of hydrogen-bond donors (Lipinski definition) is 2. The van der Waals surface area contributed by atoms with Crippen molar-refractivity contribution in [3.63, 3.8) is 0 Å². The van der Waals surface area contributed by atoms with Crippen LogP contribution in [0.1, 0.15) is 18.9 Å². The van der Waals surface area contributed by atoms with Gasteiger partial charge in [0.25, 0.3) is 0 Å². The second kappa shape index (κ2) is 8.75. The molecule has 2 N–H and O–H groups in total. The highest BCUT2D eigenvalue weighted by molar-refractivity contribution is 7.89. The lowest BCUT2D eigenvalue weighted by Crippen LogP contribution is -2.44. The molecule has 1 aliphatic rings. The molecule has 0 saturated carbocycles. The molecule has 130 valence electrons. The summed E-state index contributed by atoms with van der Waals surface area (Å²) < 4.78 is 32.2. The van der Waals surface area contributed by atoms with Gasteiger partial charge in [0.05, 0.1) is 24.2 Å². The molecule has 1 atom stereocenters. The molecule has 7 heteroatoms. The molecule has 1 unspecified atom stereocenters. The fourth-order valence-corrected chi connectivity index (χ4v) is 3.63. The van der Waals surface area contributed by atoms with Gasteiger partial charge >= 0.3 is 0 Å². The molecule has 0 radical (unpaired) electrons. The first kappa shape index (κ1) is 18.4. The van der Waals surface area contributed by atoms with E-state index in [4.69, 9.17) is 4.74 Å². The maximum absolute atomic E-state index is 12.2. The molecule has 1 fully saturated rings. The van der Waals surface area contributed by atoms with Crippen molar-refractivity contribution in [2.45, 2.75) is 30.8 Å². The Kier molecular flexibility index (Phi) is 6.98. The van der Waals surface area contributed by atoms with Gasteiger partial charge in [0.15, 0.2) is 0 Å². The highest BCUT2D eigenvalue weighted by Gasteiger charge is 2.18. The quantitative estimate of drug-likeness (QED) is 0.724. The number of rotatable bonds is 8. The van der Waals surface area contributed by atoms with E-state index in [1.54, 1.807) is 12.1 Å². The SMILES string of the molecule is CCCc1ccc(S(=O)(=O)NCC(O)CN2CCOCC2)cc1. The summed E-state index contributed by atoms with van der Waals surface area (Å²) in [7, 11) is -3.58. The first-order valence-corrected chi connectivity index (χ1v) is 9.56. The Morgan fingerprint density at radius 3 is 2.52 bits per heavy atom. The summed E-state index contributed by atoms with van der Waals surface area (Å²) in [5, 5.41) is 10.0. The third-order valence-corrected chi connectivity index (χ3v) is 5.29. The van der Waals surface area contributed by atoms with Crippen molar-refractivity contribution in [3.05, 3.63) is 29.8 Å². The first-order valence-electron chi connectivity index (χ1n) is 8.08. The van der Waals surface area contributed by atoms with Crippen molar-refractivity contribution in [3.8, 4) is 0 Å². The maximum Gasteiger partial charge on any atom is 0.240 e. The topological polar surface area (TPSA) is 78.9 Å². The lowest BCUT2D eigenvalue weighted by Gasteiger charge is -2.28. The van der Waals surface area contributed by atoms with Crippen LogP contribution in [0.25, 0.3) is 0 Å². The van der Waals surface area contributed by atoms with Crippen LogP contribution in [0.3, 0.4) is 0 Å². The summed E-state index contributed by atoms with van der Waals surface area (Å²) in [6.07, 6.45) is 1.23. The van der Waals surface area contributed by atoms with Gasteiger partial charge in [0.1, 0.15) is 0 Å². The van der Waals surface area contributed by atoms with E-state index >= 15 is 0 Å². The molecule has 0 spiro atoms. The molecular weight excluding hydrogens is 316 g/mol. The Morgan fingerprint density at radius 2 is 1.91 bits per heavy atom. The highest BCUT2D eigenvalue weighted by atomic mass is 32.2. The van der Waals surface area contributed by atoms with Crippen molar-refractivity contribution < 1.29 is 18.3 Å². The molecule has 0 aliphatic carbocycles. The van der Waals surface area contributed by atoms with Gasteiger partial charge in [-0.3, -0.25) is 4.90 Å². The normalized spacial score (nSPS) is 18.0. The number of ether oxygens (including phenoxy) is 1. The van der Waals surface area contributed by atoms with Crippen LogP contribution in [0.15, 0.2) is 29.2 Å². The lowest BCUT2D eigenvalue weighted by atomic mass is 10.1. The van der Waals surface area contributed by atoms with Crippen LogP contribution in [-0.4, -0.2) is 63.9 Å². The van der Waals surface area contributed by atoms with Crippen molar-refractivity contribution >= 4 is 10.0 Å². The standard InChI is InChI=1S/C16H26N2O4S/c1-2-3-14-4-6-16(7-5-14)23(20,21)17-12-15(19)13-18-8-10-22-11-9-18/h4-7,15,17,19H,2-3,8-13H2,1H3. The Labute approximate surface area is 138 Å². The molecular formula is C16H26N2O4S. The largest absolute Gasteiger partial charge is 0.390 e. The summed E-state index contributed by atoms with van der Waals surface area (Å²) in [6.45, 7) is 5.39. The minimum absolute atomic E-state index is 0.0103. The average Bonchev–Trinajstić information content (AvgIpc) is 2.55. The van der Waals surface area contributed by atoms with Gasteiger partial charge in [0, 0.05) is 26.2 Å². The van der Waals surface area contributed by atoms with Gasteiger partial charge in [0.2, 0.25) is 10.0 Å². The summed E-state index contributed by atoms with van der Waals surface area (Å²) in [6, 6.07) is 6.90. The number of nitrogens with zero attached hydrogens (tertiary/aromatic N) is 1. The monoisotopic (exact) mass is 342 g/mol. The van der Waals surface area contributed by atoms with Crippen LogP contribution in [0.4, 0.5) is 0 Å². The molecule has 0 aromatic heterocycles. The summed E-state index contributed by atoms with van der Waals surface area (Å²) >= 11 is 0. The Balaban J connectivity index is 1.84. The smallest absolute Gasteiger partial charge is 0.240 e. The molecule has 1 aromatic rings. The summed E-state index contributed by atoms with van der Waals surface area (Å²) in [5.74, 6) is 0. The van der Waals surface area contributed by atoms with Crippen molar-refractivity contribution in [2.24, 2.45) is 0 Å². The van der Waals surface area contributed by atoms with Gasteiger partial charge in [-0.25, -0.2) is 13.1 Å². The van der Waals surface area contributed by atoms with E-state index in [9.17, 15) is 13.5 Å². The summed E-state index contributed by atoms with van der Waals surface area (Å²) in [4.78, 5) is 2.30. The molecule has 1 heterocycles. The van der Waals surface area contributed by atoms with Gasteiger partial charge < -0.3 is 9.84 Å². The third kappa shape index (κ3) is 5.86. The number of aliphatic hydroxyl groups excluding tert-OH is 1. The molecule has 1 saturated heterocycles. The van der Waals surface area contributed by atoms with E-state index in [-0.39, 0.29) is 11.4 Å². The second-order valence-electron chi connectivity index (χ2n) is 5.81. The van der Waals surface area contributed by atoms with E-state index in [1.165, 1.54) is 0 Å². The van der Waals surface area contributed by atoms with E-state index in [0.717, 1.165) is 31.5 Å². The van der Waals surface area contributed by atoms with E-state index < -0.39 is 16.1 Å². The van der Waals surface area contributed by atoms with Crippen molar-refractivity contribution in [2.75, 3.05) is 39.4 Å². The summed E-state index contributed by atoms with van der Waals surface area (Å²) in [5.41, 5.74) is 1.12. The molecule has 0 amide bonds. The first-order chi connectivity index (χ1) is 11.0. The van der Waals surface area contributed by atoms with E-state index in [2.05, 4.69) is 16.5 Å². The minimum atomic E-state index is -3.58. The van der Waals surface area contributed by atoms with Crippen LogP contribution in [0.5, 0.6) is 0 Å².